The first kappa shape index (κ1) is 9.41. The van der Waals surface area contributed by atoms with Gasteiger partial charge < -0.3 is 0 Å². The average molecular weight is 199 g/mol. The van der Waals surface area contributed by atoms with E-state index in [-0.39, 0.29) is 5.56 Å². The number of hydrogen-bond donors (Lipinski definition) is 0. The molecule has 0 N–H and O–H groups in total. The van der Waals surface area contributed by atoms with Crippen LogP contribution in [0.3, 0.4) is 0 Å². The molecule has 0 saturated carbocycles. The van der Waals surface area contributed by atoms with Gasteiger partial charge in [-0.15, -0.1) is 0 Å². The van der Waals surface area contributed by atoms with Crippen LogP contribution in [0, 0.1) is 18.3 Å². The quantitative estimate of drug-likeness (QED) is 0.638. The molecule has 1 heterocycles. The summed E-state index contributed by atoms with van der Waals surface area (Å²) >= 11 is 0. The topological polar surface area (TPSA) is 58.7 Å². The van der Waals surface area contributed by atoms with E-state index in [9.17, 15) is 4.79 Å². The fraction of sp³-hybridized carbons (Fsp3) is 0.182. The zero-order valence-corrected chi connectivity index (χ0v) is 8.48. The minimum atomic E-state index is -0.116. The van der Waals surface area contributed by atoms with Crippen LogP contribution in [-0.4, -0.2) is 9.55 Å². The largest absolute Gasteiger partial charge is 0.299 e. The number of para-hydroxylation sites is 1. The van der Waals surface area contributed by atoms with Crippen molar-refractivity contribution < 1.29 is 0 Å². The summed E-state index contributed by atoms with van der Waals surface area (Å²) in [6, 6.07) is 7.07. The number of nitriles is 1. The molecule has 2 aromatic rings. The van der Waals surface area contributed by atoms with Crippen molar-refractivity contribution in [2.75, 3.05) is 0 Å². The number of rotatable bonds is 0. The molecule has 0 aliphatic rings. The van der Waals surface area contributed by atoms with Gasteiger partial charge in [0.25, 0.3) is 5.56 Å². The van der Waals surface area contributed by atoms with Crippen LogP contribution in [0.25, 0.3) is 10.9 Å². The van der Waals surface area contributed by atoms with E-state index in [4.69, 9.17) is 5.26 Å². The molecule has 0 unspecified atom stereocenters. The van der Waals surface area contributed by atoms with Crippen molar-refractivity contribution in [2.45, 2.75) is 6.92 Å². The highest BCUT2D eigenvalue weighted by atomic mass is 16.1. The van der Waals surface area contributed by atoms with Crippen LogP contribution in [-0.2, 0) is 7.05 Å². The molecule has 0 amide bonds. The lowest BCUT2D eigenvalue weighted by Crippen LogP contribution is -2.20. The lowest BCUT2D eigenvalue weighted by Gasteiger charge is -2.05. The molecule has 74 valence electrons. The second kappa shape index (κ2) is 3.21. The van der Waals surface area contributed by atoms with Crippen molar-refractivity contribution in [3.63, 3.8) is 0 Å². The van der Waals surface area contributed by atoms with Crippen LogP contribution in [0.2, 0.25) is 0 Å². The first-order valence-electron chi connectivity index (χ1n) is 4.51. The Morgan fingerprint density at radius 2 is 2.20 bits per heavy atom. The maximum Gasteiger partial charge on any atom is 0.261 e. The van der Waals surface area contributed by atoms with E-state index in [1.807, 2.05) is 6.07 Å². The fourth-order valence-corrected chi connectivity index (χ4v) is 1.49. The molecule has 0 saturated heterocycles. The number of benzene rings is 1. The predicted octanol–water partition coefficient (Wildman–Crippen LogP) is 1.11. The monoisotopic (exact) mass is 199 g/mol. The Bertz CT molecular complexity index is 635. The predicted molar refractivity (Wildman–Crippen MR) is 56.4 cm³/mol. The number of aromatic nitrogens is 2. The van der Waals surface area contributed by atoms with Crippen molar-refractivity contribution in [1.29, 1.82) is 5.26 Å². The summed E-state index contributed by atoms with van der Waals surface area (Å²) in [6.45, 7) is 1.75. The van der Waals surface area contributed by atoms with Crippen LogP contribution in [0.4, 0.5) is 0 Å². The molecule has 0 bridgehead atoms. The fourth-order valence-electron chi connectivity index (χ4n) is 1.49. The van der Waals surface area contributed by atoms with E-state index in [2.05, 4.69) is 4.98 Å². The van der Waals surface area contributed by atoms with Gasteiger partial charge in [0, 0.05) is 7.05 Å². The van der Waals surface area contributed by atoms with Crippen LogP contribution in [0.5, 0.6) is 0 Å². The summed E-state index contributed by atoms with van der Waals surface area (Å²) < 4.78 is 1.48. The Morgan fingerprint density at radius 3 is 2.87 bits per heavy atom. The Balaban J connectivity index is 3.06. The van der Waals surface area contributed by atoms with Gasteiger partial charge in [-0.2, -0.15) is 5.26 Å². The molecular formula is C11H9N3O. The zero-order valence-electron chi connectivity index (χ0n) is 8.48. The molecule has 0 radical (unpaired) electrons. The molecule has 15 heavy (non-hydrogen) atoms. The Kier molecular flexibility index (Phi) is 2.01. The smallest absolute Gasteiger partial charge is 0.261 e. The van der Waals surface area contributed by atoms with Crippen molar-refractivity contribution in [3.8, 4) is 6.07 Å². The van der Waals surface area contributed by atoms with Crippen molar-refractivity contribution >= 4 is 10.9 Å². The summed E-state index contributed by atoms with van der Waals surface area (Å²) in [4.78, 5) is 16.1. The molecule has 4 heteroatoms. The van der Waals surface area contributed by atoms with E-state index < -0.39 is 0 Å². The molecule has 0 aliphatic heterocycles. The summed E-state index contributed by atoms with van der Waals surface area (Å²) in [7, 11) is 1.67. The minimum absolute atomic E-state index is 0.116. The Hall–Kier alpha value is -2.15. The zero-order chi connectivity index (χ0) is 11.0. The minimum Gasteiger partial charge on any atom is -0.299 e. The maximum absolute atomic E-state index is 11.8. The van der Waals surface area contributed by atoms with Crippen molar-refractivity contribution in [3.05, 3.63) is 39.9 Å². The van der Waals surface area contributed by atoms with E-state index in [1.54, 1.807) is 32.2 Å². The Labute approximate surface area is 86.4 Å². The summed E-state index contributed by atoms with van der Waals surface area (Å²) in [5.41, 5.74) is 0.809. The van der Waals surface area contributed by atoms with Crippen LogP contribution in [0.1, 0.15) is 11.4 Å². The van der Waals surface area contributed by atoms with Gasteiger partial charge in [0.05, 0.1) is 16.5 Å². The average Bonchev–Trinajstić information content (AvgIpc) is 2.25. The second-order valence-corrected chi connectivity index (χ2v) is 3.34. The van der Waals surface area contributed by atoms with Crippen LogP contribution in [0.15, 0.2) is 23.0 Å². The van der Waals surface area contributed by atoms with Gasteiger partial charge in [0.2, 0.25) is 0 Å². The number of fused-ring (bicyclic) bond motifs is 1. The van der Waals surface area contributed by atoms with Crippen molar-refractivity contribution in [2.24, 2.45) is 7.05 Å². The molecular weight excluding hydrogens is 190 g/mol. The third-order valence-electron chi connectivity index (χ3n) is 2.45. The van der Waals surface area contributed by atoms with E-state index in [1.165, 1.54) is 4.57 Å². The lowest BCUT2D eigenvalue weighted by molar-refractivity contribution is 0.792. The van der Waals surface area contributed by atoms with Crippen molar-refractivity contribution in [1.82, 2.24) is 9.55 Å². The summed E-state index contributed by atoms with van der Waals surface area (Å²) in [5.74, 6) is 0.607. The first-order valence-corrected chi connectivity index (χ1v) is 4.51. The standard InChI is InChI=1S/C11H9N3O/c1-7-13-10-8(6-12)4-3-5-9(10)11(15)14(7)2/h3-5H,1-2H3. The van der Waals surface area contributed by atoms with Crippen LogP contribution >= 0.6 is 0 Å². The molecule has 2 rings (SSSR count). The second-order valence-electron chi connectivity index (χ2n) is 3.34. The lowest BCUT2D eigenvalue weighted by atomic mass is 10.1. The third kappa shape index (κ3) is 1.29. The Morgan fingerprint density at radius 1 is 1.47 bits per heavy atom. The van der Waals surface area contributed by atoms with Gasteiger partial charge in [-0.25, -0.2) is 4.98 Å². The molecule has 4 nitrogen and oxygen atoms in total. The van der Waals surface area contributed by atoms with Gasteiger partial charge in [0.1, 0.15) is 11.9 Å². The van der Waals surface area contributed by atoms with E-state index in [0.29, 0.717) is 22.3 Å². The molecule has 1 aromatic carbocycles. The van der Waals surface area contributed by atoms with E-state index in [0.717, 1.165) is 0 Å². The van der Waals surface area contributed by atoms with Gasteiger partial charge in [-0.1, -0.05) is 6.07 Å². The highest BCUT2D eigenvalue weighted by Crippen LogP contribution is 2.12. The van der Waals surface area contributed by atoms with Gasteiger partial charge >= 0.3 is 0 Å². The summed E-state index contributed by atoms with van der Waals surface area (Å²) in [5, 5.41) is 9.38. The van der Waals surface area contributed by atoms with E-state index >= 15 is 0 Å². The van der Waals surface area contributed by atoms with Gasteiger partial charge in [0.15, 0.2) is 0 Å². The molecule has 0 atom stereocenters. The third-order valence-corrected chi connectivity index (χ3v) is 2.45. The highest BCUT2D eigenvalue weighted by molar-refractivity contribution is 5.83. The van der Waals surface area contributed by atoms with Crippen LogP contribution < -0.4 is 5.56 Å². The normalized spacial score (nSPS) is 10.2. The molecule has 1 aromatic heterocycles. The number of aryl methyl sites for hydroxylation is 1. The number of hydrogen-bond acceptors (Lipinski definition) is 3. The van der Waals surface area contributed by atoms with Gasteiger partial charge in [-0.05, 0) is 19.1 Å². The highest BCUT2D eigenvalue weighted by Gasteiger charge is 2.07. The SMILES string of the molecule is Cc1nc2c(C#N)cccc2c(=O)n1C. The molecule has 0 fully saturated rings. The maximum atomic E-state index is 11.8. The molecule has 0 spiro atoms. The molecule has 0 aliphatic carbocycles. The van der Waals surface area contributed by atoms with Gasteiger partial charge in [-0.3, -0.25) is 9.36 Å². The number of nitrogens with zero attached hydrogens (tertiary/aromatic N) is 3. The summed E-state index contributed by atoms with van der Waals surface area (Å²) in [6.07, 6.45) is 0. The first-order chi connectivity index (χ1) is 7.15.